The Labute approximate surface area is 183 Å². The fourth-order valence-electron chi connectivity index (χ4n) is 2.55. The number of nitrogens with one attached hydrogen (secondary N) is 2. The number of hydrazine groups is 1. The second kappa shape index (κ2) is 9.79. The van der Waals surface area contributed by atoms with Gasteiger partial charge in [0.25, 0.3) is 11.8 Å². The van der Waals surface area contributed by atoms with Gasteiger partial charge >= 0.3 is 0 Å². The minimum atomic E-state index is -0.556. The van der Waals surface area contributed by atoms with Gasteiger partial charge in [0.2, 0.25) is 0 Å². The van der Waals surface area contributed by atoms with E-state index in [0.717, 1.165) is 11.1 Å². The van der Waals surface area contributed by atoms with Crippen LogP contribution in [0.15, 0.2) is 66.7 Å². The topological polar surface area (TPSA) is 91.2 Å². The Kier molecular flexibility index (Phi) is 6.91. The lowest BCUT2D eigenvalue weighted by Crippen LogP contribution is -2.43. The van der Waals surface area contributed by atoms with Crippen LogP contribution in [0.2, 0.25) is 10.0 Å². The molecule has 0 atom stereocenters. The molecule has 0 aliphatic carbocycles. The fourth-order valence-corrected chi connectivity index (χ4v) is 3.08. The molecule has 8 heteroatoms. The molecule has 0 saturated carbocycles. The molecule has 30 heavy (non-hydrogen) atoms. The van der Waals surface area contributed by atoms with Crippen molar-refractivity contribution < 1.29 is 14.3 Å². The van der Waals surface area contributed by atoms with Crippen molar-refractivity contribution in [1.82, 2.24) is 10.9 Å². The first-order chi connectivity index (χ1) is 14.4. The fraction of sp³-hybridized carbons (Fsp3) is 0.0455. The van der Waals surface area contributed by atoms with E-state index in [1.165, 1.54) is 18.2 Å². The van der Waals surface area contributed by atoms with Gasteiger partial charge in [0.15, 0.2) is 6.61 Å². The molecular weight excluding hydrogens is 425 g/mol. The Morgan fingerprint density at radius 3 is 2.00 bits per heavy atom. The van der Waals surface area contributed by atoms with Gasteiger partial charge in [-0.15, -0.1) is 0 Å². The summed E-state index contributed by atoms with van der Waals surface area (Å²) in [7, 11) is 0. The van der Waals surface area contributed by atoms with Gasteiger partial charge in [-0.2, -0.15) is 5.26 Å². The van der Waals surface area contributed by atoms with Crippen LogP contribution >= 0.6 is 23.2 Å². The van der Waals surface area contributed by atoms with Crippen molar-refractivity contribution in [2.45, 2.75) is 0 Å². The molecule has 0 unspecified atom stereocenters. The number of carbonyl (C=O) groups is 2. The standard InChI is InChI=1S/C22H15Cl2N3O3/c23-18-9-17(10-19(24)11-18)22(29)27-26-21(28)13-30-20-7-5-16(6-8-20)15-3-1-14(12-25)2-4-15/h1-11H,13H2,(H,26,28)(H,27,29). The number of carbonyl (C=O) groups excluding carboxylic acids is 2. The Bertz CT molecular complexity index is 1090. The third-order valence-electron chi connectivity index (χ3n) is 4.01. The zero-order valence-corrected chi connectivity index (χ0v) is 17.0. The van der Waals surface area contributed by atoms with E-state index in [-0.39, 0.29) is 12.2 Å². The molecule has 3 rings (SSSR count). The molecule has 6 nitrogen and oxygen atoms in total. The summed E-state index contributed by atoms with van der Waals surface area (Å²) in [5, 5.41) is 9.48. The first-order valence-electron chi connectivity index (χ1n) is 8.73. The summed E-state index contributed by atoms with van der Waals surface area (Å²) >= 11 is 11.7. The van der Waals surface area contributed by atoms with Gasteiger partial charge in [-0.3, -0.25) is 20.4 Å². The molecule has 0 aliphatic heterocycles. The number of hydrogen-bond donors (Lipinski definition) is 2. The Hall–Kier alpha value is -3.53. The van der Waals surface area contributed by atoms with Crippen LogP contribution in [0.4, 0.5) is 0 Å². The second-order valence-electron chi connectivity index (χ2n) is 6.16. The molecule has 150 valence electrons. The van der Waals surface area contributed by atoms with Gasteiger partial charge < -0.3 is 4.74 Å². The summed E-state index contributed by atoms with van der Waals surface area (Å²) in [4.78, 5) is 23.9. The largest absolute Gasteiger partial charge is 0.484 e. The molecule has 0 bridgehead atoms. The number of halogens is 2. The van der Waals surface area contributed by atoms with Gasteiger partial charge in [0, 0.05) is 15.6 Å². The molecule has 0 spiro atoms. The number of rotatable bonds is 5. The van der Waals surface area contributed by atoms with Gasteiger partial charge in [0.1, 0.15) is 5.75 Å². The Morgan fingerprint density at radius 1 is 0.867 bits per heavy atom. The van der Waals surface area contributed by atoms with Gasteiger partial charge in [-0.1, -0.05) is 47.5 Å². The van der Waals surface area contributed by atoms with Crippen LogP contribution in [0, 0.1) is 11.3 Å². The minimum Gasteiger partial charge on any atom is -0.484 e. The molecule has 3 aromatic carbocycles. The molecule has 0 fully saturated rings. The van der Waals surface area contributed by atoms with Gasteiger partial charge in [-0.25, -0.2) is 0 Å². The third-order valence-corrected chi connectivity index (χ3v) is 4.45. The van der Waals surface area contributed by atoms with E-state index in [9.17, 15) is 9.59 Å². The molecule has 0 radical (unpaired) electrons. The highest BCUT2D eigenvalue weighted by atomic mass is 35.5. The van der Waals surface area contributed by atoms with E-state index in [2.05, 4.69) is 16.9 Å². The second-order valence-corrected chi connectivity index (χ2v) is 7.04. The van der Waals surface area contributed by atoms with Crippen LogP contribution in [-0.2, 0) is 4.79 Å². The summed E-state index contributed by atoms with van der Waals surface area (Å²) in [5.41, 5.74) is 7.25. The van der Waals surface area contributed by atoms with E-state index in [0.29, 0.717) is 21.4 Å². The van der Waals surface area contributed by atoms with Crippen LogP contribution in [0.5, 0.6) is 5.75 Å². The predicted octanol–water partition coefficient (Wildman–Crippen LogP) is 4.37. The first kappa shape index (κ1) is 21.2. The number of ether oxygens (including phenoxy) is 1. The summed E-state index contributed by atoms with van der Waals surface area (Å²) < 4.78 is 5.42. The first-order valence-corrected chi connectivity index (χ1v) is 9.49. The Balaban J connectivity index is 1.49. The molecule has 0 saturated heterocycles. The SMILES string of the molecule is N#Cc1ccc(-c2ccc(OCC(=O)NNC(=O)c3cc(Cl)cc(Cl)c3)cc2)cc1. The highest BCUT2D eigenvalue weighted by Crippen LogP contribution is 2.23. The summed E-state index contributed by atoms with van der Waals surface area (Å²) in [6.07, 6.45) is 0. The smallest absolute Gasteiger partial charge is 0.276 e. The molecule has 2 N–H and O–H groups in total. The number of amides is 2. The molecular formula is C22H15Cl2N3O3. The average Bonchev–Trinajstić information content (AvgIpc) is 2.75. The summed E-state index contributed by atoms with van der Waals surface area (Å²) in [6.45, 7) is -0.285. The molecule has 2 amide bonds. The molecule has 0 aromatic heterocycles. The Morgan fingerprint density at radius 2 is 1.43 bits per heavy atom. The lowest BCUT2D eigenvalue weighted by molar-refractivity contribution is -0.123. The molecule has 0 heterocycles. The maximum Gasteiger partial charge on any atom is 0.276 e. The zero-order valence-electron chi connectivity index (χ0n) is 15.5. The third kappa shape index (κ3) is 5.74. The van der Waals surface area contributed by atoms with Crippen LogP contribution in [0.25, 0.3) is 11.1 Å². The van der Waals surface area contributed by atoms with Crippen LogP contribution < -0.4 is 15.6 Å². The van der Waals surface area contributed by atoms with Crippen LogP contribution in [-0.4, -0.2) is 18.4 Å². The minimum absolute atomic E-state index is 0.215. The normalized spacial score (nSPS) is 10.0. The van der Waals surface area contributed by atoms with Crippen molar-refractivity contribution in [3.63, 3.8) is 0 Å². The van der Waals surface area contributed by atoms with E-state index in [1.807, 2.05) is 24.3 Å². The van der Waals surface area contributed by atoms with Crippen molar-refractivity contribution in [1.29, 1.82) is 5.26 Å². The van der Waals surface area contributed by atoms with Crippen molar-refractivity contribution in [2.24, 2.45) is 0 Å². The molecule has 3 aromatic rings. The number of benzene rings is 3. The van der Waals surface area contributed by atoms with E-state index < -0.39 is 11.8 Å². The van der Waals surface area contributed by atoms with Gasteiger partial charge in [-0.05, 0) is 53.6 Å². The van der Waals surface area contributed by atoms with Crippen molar-refractivity contribution in [3.8, 4) is 22.9 Å². The summed E-state index contributed by atoms with van der Waals surface area (Å²) in [5.74, 6) is -0.595. The van der Waals surface area contributed by atoms with Crippen molar-refractivity contribution in [3.05, 3.63) is 87.9 Å². The maximum absolute atomic E-state index is 12.0. The van der Waals surface area contributed by atoms with E-state index >= 15 is 0 Å². The maximum atomic E-state index is 12.0. The van der Waals surface area contributed by atoms with Crippen LogP contribution in [0.1, 0.15) is 15.9 Å². The highest BCUT2D eigenvalue weighted by molar-refractivity contribution is 6.35. The van der Waals surface area contributed by atoms with E-state index in [1.54, 1.807) is 24.3 Å². The molecule has 0 aliphatic rings. The lowest BCUT2D eigenvalue weighted by atomic mass is 10.0. The zero-order chi connectivity index (χ0) is 21.5. The lowest BCUT2D eigenvalue weighted by Gasteiger charge is -2.10. The van der Waals surface area contributed by atoms with Crippen molar-refractivity contribution in [2.75, 3.05) is 6.61 Å². The number of nitrogens with zero attached hydrogens (tertiary/aromatic N) is 1. The average molecular weight is 440 g/mol. The summed E-state index contributed by atoms with van der Waals surface area (Å²) in [6, 6.07) is 20.8. The number of hydrogen-bond acceptors (Lipinski definition) is 4. The highest BCUT2D eigenvalue weighted by Gasteiger charge is 2.10. The van der Waals surface area contributed by atoms with Crippen molar-refractivity contribution >= 4 is 35.0 Å². The van der Waals surface area contributed by atoms with Crippen LogP contribution in [0.3, 0.4) is 0 Å². The van der Waals surface area contributed by atoms with E-state index in [4.69, 9.17) is 33.2 Å². The van der Waals surface area contributed by atoms with Gasteiger partial charge in [0.05, 0.1) is 11.6 Å². The predicted molar refractivity (Wildman–Crippen MR) is 114 cm³/mol. The number of nitriles is 1. The monoisotopic (exact) mass is 439 g/mol. The quantitative estimate of drug-likeness (QED) is 0.577.